The Kier molecular flexibility index (Phi) is 3.49. The van der Waals surface area contributed by atoms with Crippen molar-refractivity contribution in [2.45, 2.75) is 6.43 Å². The second kappa shape index (κ2) is 4.03. The van der Waals surface area contributed by atoms with Crippen molar-refractivity contribution >= 4 is 43.5 Å². The van der Waals surface area contributed by atoms with Crippen LogP contribution in [0.1, 0.15) is 12.0 Å². The molecule has 0 N–H and O–H groups in total. The van der Waals surface area contributed by atoms with E-state index in [9.17, 15) is 8.78 Å². The largest absolute Gasteiger partial charge is 0.266 e. The minimum atomic E-state index is -2.53. The fraction of sp³-hybridized carbons (Fsp3) is 0.143. The molecule has 12 heavy (non-hydrogen) atoms. The summed E-state index contributed by atoms with van der Waals surface area (Å²) in [4.78, 5) is 0. The third-order valence-corrected chi connectivity index (χ3v) is 3.39. The molecule has 0 aliphatic heterocycles. The maximum absolute atomic E-state index is 12.4. The molecule has 0 atom stereocenters. The normalized spacial score (nSPS) is 10.8. The van der Waals surface area contributed by atoms with E-state index in [1.807, 2.05) is 0 Å². The quantitative estimate of drug-likeness (QED) is 0.652. The van der Waals surface area contributed by atoms with Crippen LogP contribution in [0.15, 0.2) is 21.1 Å². The van der Waals surface area contributed by atoms with Gasteiger partial charge in [-0.25, -0.2) is 8.78 Å². The number of rotatable bonds is 1. The summed E-state index contributed by atoms with van der Waals surface area (Å²) in [5.41, 5.74) is -0.109. The van der Waals surface area contributed by atoms with Gasteiger partial charge >= 0.3 is 0 Å². The Morgan fingerprint density at radius 1 is 1.25 bits per heavy atom. The molecule has 0 saturated carbocycles. The van der Waals surface area contributed by atoms with Crippen LogP contribution in [-0.4, -0.2) is 0 Å². The average molecular weight is 320 g/mol. The average Bonchev–Trinajstić information content (AvgIpc) is 1.97. The molecule has 0 spiro atoms. The molecule has 66 valence electrons. The first-order chi connectivity index (χ1) is 5.54. The van der Waals surface area contributed by atoms with Gasteiger partial charge in [-0.1, -0.05) is 27.5 Å². The molecule has 0 aliphatic carbocycles. The van der Waals surface area contributed by atoms with E-state index in [0.717, 1.165) is 0 Å². The Morgan fingerprint density at radius 3 is 2.25 bits per heavy atom. The lowest BCUT2D eigenvalue weighted by molar-refractivity contribution is 0.149. The first-order valence-corrected chi connectivity index (χ1v) is 4.92. The van der Waals surface area contributed by atoms with Gasteiger partial charge in [0.05, 0.1) is 5.02 Å². The second-order valence-corrected chi connectivity index (χ2v) is 4.11. The van der Waals surface area contributed by atoms with Crippen molar-refractivity contribution in [2.75, 3.05) is 0 Å². The number of halogens is 5. The standard InChI is InChI=1S/C7H3Br2ClF2/c8-3-1-2-4(10)6(9)5(3)7(11)12/h1-2,7H. The highest BCUT2D eigenvalue weighted by Gasteiger charge is 2.17. The minimum absolute atomic E-state index is 0.109. The Balaban J connectivity index is 3.33. The van der Waals surface area contributed by atoms with Gasteiger partial charge in [-0.05, 0) is 28.1 Å². The van der Waals surface area contributed by atoms with Crippen molar-refractivity contribution in [1.82, 2.24) is 0 Å². The van der Waals surface area contributed by atoms with Crippen LogP contribution in [0.2, 0.25) is 5.02 Å². The fourth-order valence-corrected chi connectivity index (χ4v) is 2.20. The third kappa shape index (κ3) is 1.98. The molecule has 0 saturated heterocycles. The molecule has 0 amide bonds. The van der Waals surface area contributed by atoms with Gasteiger partial charge in [-0.15, -0.1) is 0 Å². The Morgan fingerprint density at radius 2 is 1.83 bits per heavy atom. The number of benzene rings is 1. The molecular weight excluding hydrogens is 317 g/mol. The summed E-state index contributed by atoms with van der Waals surface area (Å²) in [6.07, 6.45) is -2.53. The first kappa shape index (κ1) is 10.4. The molecular formula is C7H3Br2ClF2. The number of hydrogen-bond donors (Lipinski definition) is 0. The molecule has 0 aliphatic rings. The van der Waals surface area contributed by atoms with Crippen LogP contribution in [-0.2, 0) is 0 Å². The predicted molar refractivity (Wildman–Crippen MR) is 51.8 cm³/mol. The van der Waals surface area contributed by atoms with Gasteiger partial charge in [0.25, 0.3) is 6.43 Å². The Hall–Kier alpha value is 0.330. The van der Waals surface area contributed by atoms with Crippen LogP contribution in [0.5, 0.6) is 0 Å². The van der Waals surface area contributed by atoms with Gasteiger partial charge in [0.2, 0.25) is 0 Å². The zero-order chi connectivity index (χ0) is 9.30. The lowest BCUT2D eigenvalue weighted by atomic mass is 10.2. The molecule has 0 fully saturated rings. The van der Waals surface area contributed by atoms with Crippen molar-refractivity contribution in [3.63, 3.8) is 0 Å². The maximum Gasteiger partial charge on any atom is 0.266 e. The molecule has 1 aromatic carbocycles. The lowest BCUT2D eigenvalue weighted by Gasteiger charge is -2.06. The number of hydrogen-bond acceptors (Lipinski definition) is 0. The summed E-state index contributed by atoms with van der Waals surface area (Å²) in [5, 5.41) is 0.286. The van der Waals surface area contributed by atoms with Gasteiger partial charge in [0.1, 0.15) is 0 Å². The van der Waals surface area contributed by atoms with E-state index < -0.39 is 6.43 Å². The maximum atomic E-state index is 12.4. The zero-order valence-corrected chi connectivity index (χ0v) is 9.55. The summed E-state index contributed by atoms with van der Waals surface area (Å²) in [7, 11) is 0. The van der Waals surface area contributed by atoms with E-state index >= 15 is 0 Å². The van der Waals surface area contributed by atoms with Crippen molar-refractivity contribution in [3.8, 4) is 0 Å². The van der Waals surface area contributed by atoms with Crippen LogP contribution in [0.3, 0.4) is 0 Å². The van der Waals surface area contributed by atoms with Crippen molar-refractivity contribution < 1.29 is 8.78 Å². The third-order valence-electron chi connectivity index (χ3n) is 1.30. The topological polar surface area (TPSA) is 0 Å². The molecule has 0 aromatic heterocycles. The lowest BCUT2D eigenvalue weighted by Crippen LogP contribution is -1.88. The zero-order valence-electron chi connectivity index (χ0n) is 5.62. The van der Waals surface area contributed by atoms with E-state index in [1.165, 1.54) is 6.07 Å². The highest BCUT2D eigenvalue weighted by atomic mass is 79.9. The van der Waals surface area contributed by atoms with Gasteiger partial charge in [0, 0.05) is 14.5 Å². The van der Waals surface area contributed by atoms with E-state index in [-0.39, 0.29) is 15.1 Å². The van der Waals surface area contributed by atoms with E-state index in [4.69, 9.17) is 11.6 Å². The van der Waals surface area contributed by atoms with Gasteiger partial charge < -0.3 is 0 Å². The molecule has 1 rings (SSSR count). The highest BCUT2D eigenvalue weighted by molar-refractivity contribution is 9.11. The smallest absolute Gasteiger partial charge is 0.205 e. The molecule has 0 unspecified atom stereocenters. The van der Waals surface area contributed by atoms with Gasteiger partial charge in [0.15, 0.2) is 0 Å². The van der Waals surface area contributed by atoms with E-state index in [0.29, 0.717) is 4.47 Å². The van der Waals surface area contributed by atoms with Crippen LogP contribution in [0, 0.1) is 0 Å². The number of alkyl halides is 2. The predicted octanol–water partition coefficient (Wildman–Crippen LogP) is 4.80. The highest BCUT2D eigenvalue weighted by Crippen LogP contribution is 2.37. The molecule has 1 aromatic rings. The molecule has 0 bridgehead atoms. The summed E-state index contributed by atoms with van der Waals surface area (Å²) >= 11 is 11.6. The fourth-order valence-electron chi connectivity index (χ4n) is 0.743. The van der Waals surface area contributed by atoms with Crippen LogP contribution in [0.4, 0.5) is 8.78 Å². The molecule has 5 heteroatoms. The van der Waals surface area contributed by atoms with Crippen molar-refractivity contribution in [2.24, 2.45) is 0 Å². The first-order valence-electron chi connectivity index (χ1n) is 2.95. The summed E-state index contributed by atoms with van der Waals surface area (Å²) in [5.74, 6) is 0. The minimum Gasteiger partial charge on any atom is -0.205 e. The molecule has 0 nitrogen and oxygen atoms in total. The van der Waals surface area contributed by atoms with Gasteiger partial charge in [-0.2, -0.15) is 0 Å². The monoisotopic (exact) mass is 318 g/mol. The second-order valence-electron chi connectivity index (χ2n) is 2.06. The van der Waals surface area contributed by atoms with Crippen molar-refractivity contribution in [1.29, 1.82) is 0 Å². The van der Waals surface area contributed by atoms with Crippen molar-refractivity contribution in [3.05, 3.63) is 31.7 Å². The van der Waals surface area contributed by atoms with Crippen LogP contribution in [0.25, 0.3) is 0 Å². The summed E-state index contributed by atoms with van der Waals surface area (Å²) in [6.45, 7) is 0. The Labute approximate surface area is 90.2 Å². The summed E-state index contributed by atoms with van der Waals surface area (Å²) < 4.78 is 25.3. The Bertz CT molecular complexity index is 302. The van der Waals surface area contributed by atoms with E-state index in [1.54, 1.807) is 6.07 Å². The van der Waals surface area contributed by atoms with Crippen LogP contribution >= 0.6 is 43.5 Å². The molecule has 0 heterocycles. The van der Waals surface area contributed by atoms with Gasteiger partial charge in [-0.3, -0.25) is 0 Å². The SMILES string of the molecule is FC(F)c1c(Br)ccc(Cl)c1Br. The summed E-state index contributed by atoms with van der Waals surface area (Å²) in [6, 6.07) is 3.04. The molecule has 0 radical (unpaired) electrons. The van der Waals surface area contributed by atoms with Crippen LogP contribution < -0.4 is 0 Å². The van der Waals surface area contributed by atoms with E-state index in [2.05, 4.69) is 31.9 Å².